The monoisotopic (exact) mass is 246 g/mol. The minimum Gasteiger partial charge on any atom is -0.478 e. The standard InChI is InChI=1S/C13H14N2O3/c1-3-4-8-14-13(18)15-10-7-5-6-9(2)11(10)12(16)17/h1,5-7H,4,8H2,2H3,(H,16,17)(H2,14,15,18). The van der Waals surface area contributed by atoms with Gasteiger partial charge in [0.05, 0.1) is 11.3 Å². The average molecular weight is 246 g/mol. The van der Waals surface area contributed by atoms with Gasteiger partial charge in [0.25, 0.3) is 0 Å². The Morgan fingerprint density at radius 2 is 2.17 bits per heavy atom. The summed E-state index contributed by atoms with van der Waals surface area (Å²) in [6.07, 6.45) is 5.48. The van der Waals surface area contributed by atoms with Gasteiger partial charge in [-0.05, 0) is 18.6 Å². The Hall–Kier alpha value is -2.48. The van der Waals surface area contributed by atoms with Gasteiger partial charge in [0.15, 0.2) is 0 Å². The summed E-state index contributed by atoms with van der Waals surface area (Å²) in [5.74, 6) is 1.31. The zero-order valence-electron chi connectivity index (χ0n) is 9.99. The fourth-order valence-corrected chi connectivity index (χ4v) is 1.47. The topological polar surface area (TPSA) is 78.4 Å². The molecule has 0 spiro atoms. The molecule has 1 aromatic carbocycles. The van der Waals surface area contributed by atoms with Crippen molar-refractivity contribution in [2.75, 3.05) is 11.9 Å². The summed E-state index contributed by atoms with van der Waals surface area (Å²) in [6, 6.07) is 4.42. The van der Waals surface area contributed by atoms with Crippen molar-refractivity contribution in [3.8, 4) is 12.3 Å². The normalized spacial score (nSPS) is 9.33. The molecule has 18 heavy (non-hydrogen) atoms. The van der Waals surface area contributed by atoms with Crippen LogP contribution in [0.1, 0.15) is 22.3 Å². The van der Waals surface area contributed by atoms with Gasteiger partial charge in [0.1, 0.15) is 0 Å². The van der Waals surface area contributed by atoms with Gasteiger partial charge in [-0.25, -0.2) is 9.59 Å². The number of carboxylic acid groups (broad SMARTS) is 1. The summed E-state index contributed by atoms with van der Waals surface area (Å²) in [7, 11) is 0. The van der Waals surface area contributed by atoms with Crippen molar-refractivity contribution in [3.05, 3.63) is 29.3 Å². The van der Waals surface area contributed by atoms with E-state index >= 15 is 0 Å². The Morgan fingerprint density at radius 1 is 1.44 bits per heavy atom. The molecule has 0 saturated heterocycles. The van der Waals surface area contributed by atoms with Crippen molar-refractivity contribution in [1.29, 1.82) is 0 Å². The van der Waals surface area contributed by atoms with Crippen molar-refractivity contribution in [1.82, 2.24) is 5.32 Å². The Balaban J connectivity index is 2.79. The predicted octanol–water partition coefficient (Wildman–Crippen LogP) is 1.84. The van der Waals surface area contributed by atoms with Crippen LogP contribution in [0.25, 0.3) is 0 Å². The lowest BCUT2D eigenvalue weighted by Crippen LogP contribution is -2.30. The van der Waals surface area contributed by atoms with Crippen LogP contribution in [0.2, 0.25) is 0 Å². The van der Waals surface area contributed by atoms with E-state index in [1.807, 2.05) is 0 Å². The Morgan fingerprint density at radius 3 is 2.78 bits per heavy atom. The van der Waals surface area contributed by atoms with Gasteiger partial charge in [0.2, 0.25) is 0 Å². The average Bonchev–Trinajstić information content (AvgIpc) is 2.28. The van der Waals surface area contributed by atoms with E-state index in [4.69, 9.17) is 11.5 Å². The highest BCUT2D eigenvalue weighted by Gasteiger charge is 2.14. The number of carbonyl (C=O) groups is 2. The molecule has 0 bridgehead atoms. The highest BCUT2D eigenvalue weighted by atomic mass is 16.4. The maximum atomic E-state index is 11.5. The maximum Gasteiger partial charge on any atom is 0.338 e. The van der Waals surface area contributed by atoms with E-state index in [9.17, 15) is 9.59 Å². The van der Waals surface area contributed by atoms with Gasteiger partial charge in [-0.3, -0.25) is 0 Å². The lowest BCUT2D eigenvalue weighted by Gasteiger charge is -2.10. The van der Waals surface area contributed by atoms with Gasteiger partial charge in [-0.2, -0.15) is 0 Å². The zero-order chi connectivity index (χ0) is 13.5. The van der Waals surface area contributed by atoms with E-state index in [-0.39, 0.29) is 11.3 Å². The van der Waals surface area contributed by atoms with E-state index in [0.29, 0.717) is 18.5 Å². The number of hydrogen-bond donors (Lipinski definition) is 3. The second-order valence-electron chi connectivity index (χ2n) is 3.64. The molecule has 3 N–H and O–H groups in total. The predicted molar refractivity (Wildman–Crippen MR) is 68.6 cm³/mol. The van der Waals surface area contributed by atoms with Crippen LogP contribution in [0.3, 0.4) is 0 Å². The van der Waals surface area contributed by atoms with Crippen LogP contribution in [-0.4, -0.2) is 23.7 Å². The molecule has 0 unspecified atom stereocenters. The third kappa shape index (κ3) is 3.52. The molecule has 2 amide bonds. The van der Waals surface area contributed by atoms with E-state index < -0.39 is 12.0 Å². The first-order valence-corrected chi connectivity index (χ1v) is 5.37. The van der Waals surface area contributed by atoms with Crippen molar-refractivity contribution < 1.29 is 14.7 Å². The van der Waals surface area contributed by atoms with Crippen LogP contribution in [0.4, 0.5) is 10.5 Å². The molecule has 0 aliphatic carbocycles. The Kier molecular flexibility index (Phi) is 4.76. The number of benzene rings is 1. The first-order valence-electron chi connectivity index (χ1n) is 5.37. The first kappa shape index (κ1) is 13.6. The van der Waals surface area contributed by atoms with E-state index in [2.05, 4.69) is 16.6 Å². The number of urea groups is 1. The van der Waals surface area contributed by atoms with Crippen molar-refractivity contribution in [2.45, 2.75) is 13.3 Å². The summed E-state index contributed by atoms with van der Waals surface area (Å²) in [4.78, 5) is 22.6. The van der Waals surface area contributed by atoms with Gasteiger partial charge >= 0.3 is 12.0 Å². The Bertz CT molecular complexity index is 503. The fraction of sp³-hybridized carbons (Fsp3) is 0.231. The minimum absolute atomic E-state index is 0.0876. The molecule has 94 valence electrons. The largest absolute Gasteiger partial charge is 0.478 e. The van der Waals surface area contributed by atoms with E-state index in [0.717, 1.165) is 0 Å². The zero-order valence-corrected chi connectivity index (χ0v) is 9.99. The summed E-state index contributed by atoms with van der Waals surface area (Å²) in [6.45, 7) is 2.02. The van der Waals surface area contributed by atoms with Crippen LogP contribution in [0, 0.1) is 19.3 Å². The number of nitrogens with one attached hydrogen (secondary N) is 2. The third-order valence-electron chi connectivity index (χ3n) is 2.29. The highest BCUT2D eigenvalue weighted by Crippen LogP contribution is 2.19. The molecule has 1 aromatic rings. The minimum atomic E-state index is -1.08. The summed E-state index contributed by atoms with van der Waals surface area (Å²) in [5.41, 5.74) is 0.939. The number of carbonyl (C=O) groups excluding carboxylic acids is 1. The molecule has 0 aliphatic heterocycles. The van der Waals surface area contributed by atoms with E-state index in [1.54, 1.807) is 19.1 Å². The van der Waals surface area contributed by atoms with Gasteiger partial charge in [-0.15, -0.1) is 12.3 Å². The number of amides is 2. The summed E-state index contributed by atoms with van der Waals surface area (Å²) < 4.78 is 0. The van der Waals surface area contributed by atoms with Gasteiger partial charge in [-0.1, -0.05) is 12.1 Å². The molecular formula is C13H14N2O3. The van der Waals surface area contributed by atoms with Crippen LogP contribution in [0.5, 0.6) is 0 Å². The fourth-order valence-electron chi connectivity index (χ4n) is 1.47. The molecule has 0 heterocycles. The van der Waals surface area contributed by atoms with E-state index in [1.165, 1.54) is 6.07 Å². The Labute approximate surface area is 105 Å². The molecule has 5 nitrogen and oxygen atoms in total. The number of carboxylic acids is 1. The van der Waals surface area contributed by atoms with Crippen LogP contribution >= 0.6 is 0 Å². The third-order valence-corrected chi connectivity index (χ3v) is 2.29. The number of aryl methyl sites for hydroxylation is 1. The summed E-state index contributed by atoms with van der Waals surface area (Å²) >= 11 is 0. The molecule has 0 saturated carbocycles. The SMILES string of the molecule is C#CCCNC(=O)Nc1cccc(C)c1C(=O)O. The number of hydrogen-bond acceptors (Lipinski definition) is 2. The van der Waals surface area contributed by atoms with Crippen molar-refractivity contribution >= 4 is 17.7 Å². The van der Waals surface area contributed by atoms with Gasteiger partial charge in [0, 0.05) is 13.0 Å². The van der Waals surface area contributed by atoms with Gasteiger partial charge < -0.3 is 15.7 Å². The number of terminal acetylenes is 1. The molecule has 0 atom stereocenters. The van der Waals surface area contributed by atoms with Crippen molar-refractivity contribution in [3.63, 3.8) is 0 Å². The van der Waals surface area contributed by atoms with Crippen LogP contribution < -0.4 is 10.6 Å². The molecule has 1 rings (SSSR count). The highest BCUT2D eigenvalue weighted by molar-refractivity contribution is 6.01. The molecule has 0 radical (unpaired) electrons. The maximum absolute atomic E-state index is 11.5. The molecule has 0 aliphatic rings. The van der Waals surface area contributed by atoms with Crippen LogP contribution in [-0.2, 0) is 0 Å². The lowest BCUT2D eigenvalue weighted by atomic mass is 10.1. The van der Waals surface area contributed by atoms with Crippen molar-refractivity contribution in [2.24, 2.45) is 0 Å². The number of anilines is 1. The number of aromatic carboxylic acids is 1. The smallest absolute Gasteiger partial charge is 0.338 e. The lowest BCUT2D eigenvalue weighted by molar-refractivity contribution is 0.0697. The summed E-state index contributed by atoms with van der Waals surface area (Å²) in [5, 5.41) is 14.1. The second-order valence-corrected chi connectivity index (χ2v) is 3.64. The number of rotatable bonds is 4. The molecule has 0 fully saturated rings. The first-order chi connectivity index (χ1) is 8.56. The van der Waals surface area contributed by atoms with Crippen LogP contribution in [0.15, 0.2) is 18.2 Å². The molecular weight excluding hydrogens is 232 g/mol. The quantitative estimate of drug-likeness (QED) is 0.560. The molecule has 5 heteroatoms. The molecule has 0 aromatic heterocycles. The second kappa shape index (κ2) is 6.30.